The number of carbonyl (C=O) groups excluding carboxylic acids is 1. The molecular weight excluding hydrogens is 268 g/mol. The van der Waals surface area contributed by atoms with Crippen LogP contribution in [0, 0.1) is 10.1 Å². The number of carboxylic acids is 1. The van der Waals surface area contributed by atoms with Gasteiger partial charge in [0.05, 0.1) is 23.5 Å². The quantitative estimate of drug-likeness (QED) is 0.443. The Kier molecular flexibility index (Phi) is 5.45. The van der Waals surface area contributed by atoms with Gasteiger partial charge in [0.1, 0.15) is 5.69 Å². The number of hydrogen-bond donors (Lipinski definition) is 2. The number of benzene rings is 1. The summed E-state index contributed by atoms with van der Waals surface area (Å²) in [6, 6.07) is 3.52. The number of nitro groups is 1. The Bertz CT molecular complexity index is 529. The zero-order valence-corrected chi connectivity index (χ0v) is 10.8. The summed E-state index contributed by atoms with van der Waals surface area (Å²) in [7, 11) is 0. The van der Waals surface area contributed by atoms with E-state index in [4.69, 9.17) is 9.84 Å². The minimum atomic E-state index is -1.24. The molecule has 0 saturated carbocycles. The first-order valence-electron chi connectivity index (χ1n) is 5.87. The molecule has 0 unspecified atom stereocenters. The highest BCUT2D eigenvalue weighted by atomic mass is 16.6. The van der Waals surface area contributed by atoms with E-state index in [1.807, 2.05) is 0 Å². The van der Waals surface area contributed by atoms with Crippen molar-refractivity contribution in [2.24, 2.45) is 0 Å². The Labute approximate surface area is 114 Å². The largest absolute Gasteiger partial charge is 0.478 e. The lowest BCUT2D eigenvalue weighted by Gasteiger charge is -2.07. The molecule has 8 nitrogen and oxygen atoms in total. The molecule has 0 spiro atoms. The van der Waals surface area contributed by atoms with Crippen LogP contribution < -0.4 is 5.32 Å². The summed E-state index contributed by atoms with van der Waals surface area (Å²) >= 11 is 0. The van der Waals surface area contributed by atoms with Crippen LogP contribution in [0.2, 0.25) is 0 Å². The first kappa shape index (κ1) is 15.4. The van der Waals surface area contributed by atoms with Crippen molar-refractivity contribution in [2.75, 3.05) is 18.5 Å². The summed E-state index contributed by atoms with van der Waals surface area (Å²) in [5, 5.41) is 22.4. The number of carbonyl (C=O) groups is 2. The number of hydrogen-bond acceptors (Lipinski definition) is 6. The second-order valence-corrected chi connectivity index (χ2v) is 3.78. The predicted molar refractivity (Wildman–Crippen MR) is 69.8 cm³/mol. The van der Waals surface area contributed by atoms with E-state index in [1.54, 1.807) is 6.92 Å². The van der Waals surface area contributed by atoms with Gasteiger partial charge in [0.2, 0.25) is 0 Å². The summed E-state index contributed by atoms with van der Waals surface area (Å²) in [6.45, 7) is 2.11. The maximum absolute atomic E-state index is 11.1. The van der Waals surface area contributed by atoms with E-state index in [0.717, 1.165) is 6.07 Å². The van der Waals surface area contributed by atoms with Crippen LogP contribution in [-0.4, -0.2) is 35.1 Å². The van der Waals surface area contributed by atoms with E-state index < -0.39 is 16.9 Å². The number of carboxylic acid groups (broad SMARTS) is 1. The lowest BCUT2D eigenvalue weighted by Crippen LogP contribution is -2.12. The van der Waals surface area contributed by atoms with Crippen LogP contribution in [0.1, 0.15) is 23.7 Å². The molecule has 0 saturated heterocycles. The number of nitro benzene ring substituents is 1. The van der Waals surface area contributed by atoms with Gasteiger partial charge in [-0.2, -0.15) is 0 Å². The maximum Gasteiger partial charge on any atom is 0.335 e. The highest BCUT2D eigenvalue weighted by Crippen LogP contribution is 2.25. The Morgan fingerprint density at radius 1 is 1.45 bits per heavy atom. The van der Waals surface area contributed by atoms with Gasteiger partial charge >= 0.3 is 11.9 Å². The van der Waals surface area contributed by atoms with Gasteiger partial charge in [-0.3, -0.25) is 14.9 Å². The molecule has 8 heteroatoms. The number of nitrogens with one attached hydrogen (secondary N) is 1. The fraction of sp³-hybridized carbons (Fsp3) is 0.333. The monoisotopic (exact) mass is 282 g/mol. The molecule has 108 valence electrons. The average molecular weight is 282 g/mol. The molecule has 0 radical (unpaired) electrons. The van der Waals surface area contributed by atoms with E-state index in [2.05, 4.69) is 5.32 Å². The molecular formula is C12H14N2O6. The van der Waals surface area contributed by atoms with E-state index in [0.29, 0.717) is 0 Å². The normalized spacial score (nSPS) is 9.85. The highest BCUT2D eigenvalue weighted by molar-refractivity contribution is 5.89. The lowest BCUT2D eigenvalue weighted by atomic mass is 10.1. The third-order valence-electron chi connectivity index (χ3n) is 2.39. The van der Waals surface area contributed by atoms with E-state index in [9.17, 15) is 19.7 Å². The lowest BCUT2D eigenvalue weighted by molar-refractivity contribution is -0.384. The molecule has 0 amide bonds. The van der Waals surface area contributed by atoms with Crippen LogP contribution in [0.3, 0.4) is 0 Å². The van der Waals surface area contributed by atoms with E-state index in [-0.39, 0.29) is 36.5 Å². The molecule has 0 atom stereocenters. The van der Waals surface area contributed by atoms with Crippen molar-refractivity contribution in [1.82, 2.24) is 0 Å². The number of ether oxygens (including phenoxy) is 1. The second kappa shape index (κ2) is 7.07. The first-order valence-corrected chi connectivity index (χ1v) is 5.87. The van der Waals surface area contributed by atoms with Crippen molar-refractivity contribution < 1.29 is 24.4 Å². The summed E-state index contributed by atoms with van der Waals surface area (Å²) in [5.41, 5.74) is -0.370. The molecule has 2 N–H and O–H groups in total. The van der Waals surface area contributed by atoms with Gasteiger partial charge in [-0.1, -0.05) is 0 Å². The topological polar surface area (TPSA) is 119 Å². The summed E-state index contributed by atoms with van der Waals surface area (Å²) in [6.07, 6.45) is 0.0612. The minimum absolute atomic E-state index is 0.0612. The van der Waals surface area contributed by atoms with Gasteiger partial charge in [-0.05, 0) is 19.1 Å². The summed E-state index contributed by atoms with van der Waals surface area (Å²) < 4.78 is 4.72. The Balaban J connectivity index is 2.77. The molecule has 1 aromatic rings. The molecule has 0 aromatic heterocycles. The molecule has 0 heterocycles. The number of aromatic carboxylic acids is 1. The number of nitrogens with zero attached hydrogens (tertiary/aromatic N) is 1. The smallest absolute Gasteiger partial charge is 0.335 e. The number of rotatable bonds is 7. The Morgan fingerprint density at radius 3 is 2.70 bits per heavy atom. The van der Waals surface area contributed by atoms with E-state index in [1.165, 1.54) is 12.1 Å². The van der Waals surface area contributed by atoms with Crippen LogP contribution in [0.5, 0.6) is 0 Å². The molecule has 0 aliphatic rings. The molecule has 1 rings (SSSR count). The zero-order chi connectivity index (χ0) is 15.1. The number of esters is 1. The molecule has 0 fully saturated rings. The standard InChI is InChI=1S/C12H14N2O6/c1-2-20-11(15)5-6-13-9-4-3-8(12(16)17)7-10(9)14(18)19/h3-4,7,13H,2,5-6H2,1H3,(H,16,17). The molecule has 0 aliphatic heterocycles. The van der Waals surface area contributed by atoms with Crippen molar-refractivity contribution in [3.63, 3.8) is 0 Å². The Morgan fingerprint density at radius 2 is 2.15 bits per heavy atom. The third-order valence-corrected chi connectivity index (χ3v) is 2.39. The van der Waals surface area contributed by atoms with Crippen molar-refractivity contribution in [3.8, 4) is 0 Å². The summed E-state index contributed by atoms with van der Waals surface area (Å²) in [4.78, 5) is 32.1. The third kappa shape index (κ3) is 4.23. The van der Waals surface area contributed by atoms with Gasteiger partial charge in [0.25, 0.3) is 5.69 Å². The van der Waals surface area contributed by atoms with Crippen molar-refractivity contribution >= 4 is 23.3 Å². The van der Waals surface area contributed by atoms with Crippen LogP contribution in [0.4, 0.5) is 11.4 Å². The highest BCUT2D eigenvalue weighted by Gasteiger charge is 2.17. The van der Waals surface area contributed by atoms with Gasteiger partial charge in [-0.15, -0.1) is 0 Å². The Hall–Kier alpha value is -2.64. The molecule has 20 heavy (non-hydrogen) atoms. The van der Waals surface area contributed by atoms with Crippen LogP contribution in [0.25, 0.3) is 0 Å². The van der Waals surface area contributed by atoms with Gasteiger partial charge in [0.15, 0.2) is 0 Å². The van der Waals surface area contributed by atoms with Crippen LogP contribution in [-0.2, 0) is 9.53 Å². The fourth-order valence-corrected chi connectivity index (χ4v) is 1.50. The van der Waals surface area contributed by atoms with E-state index >= 15 is 0 Å². The SMILES string of the molecule is CCOC(=O)CCNc1ccc(C(=O)O)cc1[N+](=O)[O-]. The molecule has 0 bridgehead atoms. The molecule has 0 aliphatic carbocycles. The van der Waals surface area contributed by atoms with Gasteiger partial charge in [-0.25, -0.2) is 4.79 Å². The van der Waals surface area contributed by atoms with Crippen molar-refractivity contribution in [2.45, 2.75) is 13.3 Å². The second-order valence-electron chi connectivity index (χ2n) is 3.78. The first-order chi connectivity index (χ1) is 9.45. The van der Waals surface area contributed by atoms with Gasteiger partial charge in [0, 0.05) is 12.6 Å². The van der Waals surface area contributed by atoms with Gasteiger partial charge < -0.3 is 15.2 Å². The fourth-order valence-electron chi connectivity index (χ4n) is 1.50. The van der Waals surface area contributed by atoms with Crippen LogP contribution in [0.15, 0.2) is 18.2 Å². The molecule has 1 aromatic carbocycles. The van der Waals surface area contributed by atoms with Crippen molar-refractivity contribution in [3.05, 3.63) is 33.9 Å². The predicted octanol–water partition coefficient (Wildman–Crippen LogP) is 1.66. The minimum Gasteiger partial charge on any atom is -0.478 e. The van der Waals surface area contributed by atoms with Crippen molar-refractivity contribution in [1.29, 1.82) is 0 Å². The average Bonchev–Trinajstić information content (AvgIpc) is 2.38. The van der Waals surface area contributed by atoms with Crippen LogP contribution >= 0.6 is 0 Å². The summed E-state index contributed by atoms with van der Waals surface area (Å²) in [5.74, 6) is -1.66. The zero-order valence-electron chi connectivity index (χ0n) is 10.8. The maximum atomic E-state index is 11.1. The number of anilines is 1.